The number of hydrogen-bond acceptors (Lipinski definition) is 2. The van der Waals surface area contributed by atoms with Crippen LogP contribution in [0.15, 0.2) is 18.2 Å². The smallest absolute Gasteiger partial charge is 0.368 e. The molecule has 0 spiro atoms. The molecule has 1 aromatic rings. The summed E-state index contributed by atoms with van der Waals surface area (Å²) in [5, 5.41) is 2.98. The van der Waals surface area contributed by atoms with Crippen LogP contribution in [0.2, 0.25) is 0 Å². The van der Waals surface area contributed by atoms with Gasteiger partial charge in [0.15, 0.2) is 0 Å². The van der Waals surface area contributed by atoms with Gasteiger partial charge in [-0.15, -0.1) is 0 Å². The number of nitrogens with one attached hydrogen (secondary N) is 1. The molecule has 3 nitrogen and oxygen atoms in total. The van der Waals surface area contributed by atoms with E-state index in [2.05, 4.69) is 24.1 Å². The third-order valence-electron chi connectivity index (χ3n) is 5.28. The highest BCUT2D eigenvalue weighted by molar-refractivity contribution is 5.82. The van der Waals surface area contributed by atoms with Crippen LogP contribution in [0.25, 0.3) is 0 Å². The zero-order valence-electron chi connectivity index (χ0n) is 14.7. The second kappa shape index (κ2) is 6.89. The van der Waals surface area contributed by atoms with Crippen molar-refractivity contribution in [1.82, 2.24) is 5.32 Å². The zero-order chi connectivity index (χ0) is 18.2. The van der Waals surface area contributed by atoms with E-state index in [1.54, 1.807) is 6.07 Å². The highest BCUT2D eigenvalue weighted by atomic mass is 19.4. The summed E-state index contributed by atoms with van der Waals surface area (Å²) in [4.78, 5) is 14.8. The number of benzene rings is 1. The number of rotatable bonds is 4. The predicted molar refractivity (Wildman–Crippen MR) is 91.5 cm³/mol. The number of amides is 1. The third kappa shape index (κ3) is 3.77. The summed E-state index contributed by atoms with van der Waals surface area (Å²) >= 11 is 0. The Hall–Kier alpha value is -1.72. The Bertz CT molecular complexity index is 642. The first-order valence-electron chi connectivity index (χ1n) is 9.02. The number of halogens is 3. The summed E-state index contributed by atoms with van der Waals surface area (Å²) in [5.74, 6) is 0.205. The molecule has 0 unspecified atom stereocenters. The van der Waals surface area contributed by atoms with Crippen molar-refractivity contribution in [2.45, 2.75) is 51.7 Å². The van der Waals surface area contributed by atoms with Crippen LogP contribution in [0.1, 0.15) is 44.2 Å². The first kappa shape index (κ1) is 18.1. The predicted octanol–water partition coefficient (Wildman–Crippen LogP) is 4.01. The van der Waals surface area contributed by atoms with Gasteiger partial charge in [-0.2, -0.15) is 13.2 Å². The van der Waals surface area contributed by atoms with Crippen LogP contribution in [-0.4, -0.2) is 25.0 Å². The molecule has 6 heteroatoms. The van der Waals surface area contributed by atoms with Crippen LogP contribution in [0.3, 0.4) is 0 Å². The molecule has 2 atom stereocenters. The molecule has 0 bridgehead atoms. The maximum Gasteiger partial charge on any atom is 0.416 e. The fraction of sp³-hybridized carbons (Fsp3) is 0.632. The molecule has 1 saturated heterocycles. The molecule has 1 amide bonds. The maximum absolute atomic E-state index is 13.0. The van der Waals surface area contributed by atoms with Gasteiger partial charge in [-0.25, -0.2) is 0 Å². The van der Waals surface area contributed by atoms with Crippen molar-refractivity contribution in [1.29, 1.82) is 0 Å². The Balaban J connectivity index is 1.82. The van der Waals surface area contributed by atoms with Gasteiger partial charge in [-0.05, 0) is 55.4 Å². The van der Waals surface area contributed by atoms with Gasteiger partial charge in [-0.1, -0.05) is 13.8 Å². The van der Waals surface area contributed by atoms with E-state index in [-0.39, 0.29) is 17.9 Å². The molecule has 2 aliphatic heterocycles. The lowest BCUT2D eigenvalue weighted by molar-refractivity contribution is -0.137. The summed E-state index contributed by atoms with van der Waals surface area (Å²) in [5.41, 5.74) is 0.863. The molecule has 138 valence electrons. The van der Waals surface area contributed by atoms with E-state index in [4.69, 9.17) is 0 Å². The lowest BCUT2D eigenvalue weighted by atomic mass is 9.84. The number of nitrogens with zero attached hydrogens (tertiary/aromatic N) is 1. The van der Waals surface area contributed by atoms with Gasteiger partial charge in [0.1, 0.15) is 0 Å². The summed E-state index contributed by atoms with van der Waals surface area (Å²) < 4.78 is 39.1. The van der Waals surface area contributed by atoms with E-state index < -0.39 is 11.7 Å². The Morgan fingerprint density at radius 3 is 2.80 bits per heavy atom. The molecule has 1 aromatic carbocycles. The van der Waals surface area contributed by atoms with Crippen LogP contribution in [0.4, 0.5) is 18.9 Å². The lowest BCUT2D eigenvalue weighted by Gasteiger charge is -2.39. The largest absolute Gasteiger partial charge is 0.416 e. The minimum absolute atomic E-state index is 0.0272. The molecule has 0 radical (unpaired) electrons. The lowest BCUT2D eigenvalue weighted by Crippen LogP contribution is -2.48. The fourth-order valence-electron chi connectivity index (χ4n) is 3.97. The SMILES string of the molecule is CC(C)CCNC(=O)[C@H]1Cc2cc(C(F)(F)F)ccc2N2CCC[C@@H]12. The molecule has 1 fully saturated rings. The van der Waals surface area contributed by atoms with Crippen molar-refractivity contribution >= 4 is 11.6 Å². The molecular formula is C19H25F3N2O. The summed E-state index contributed by atoms with van der Waals surface area (Å²) in [6, 6.07) is 4.04. The molecule has 1 N–H and O–H groups in total. The van der Waals surface area contributed by atoms with Crippen LogP contribution in [-0.2, 0) is 17.4 Å². The van der Waals surface area contributed by atoms with Crippen LogP contribution < -0.4 is 10.2 Å². The number of carbonyl (C=O) groups is 1. The van der Waals surface area contributed by atoms with E-state index in [0.717, 1.165) is 37.6 Å². The highest BCUT2D eigenvalue weighted by Gasteiger charge is 2.42. The Labute approximate surface area is 146 Å². The van der Waals surface area contributed by atoms with Gasteiger partial charge in [-0.3, -0.25) is 4.79 Å². The second-order valence-corrected chi connectivity index (χ2v) is 7.53. The topological polar surface area (TPSA) is 32.3 Å². The summed E-state index contributed by atoms with van der Waals surface area (Å²) in [7, 11) is 0. The van der Waals surface area contributed by atoms with E-state index in [1.807, 2.05) is 0 Å². The monoisotopic (exact) mass is 354 g/mol. The van der Waals surface area contributed by atoms with Crippen LogP contribution in [0.5, 0.6) is 0 Å². The van der Waals surface area contributed by atoms with E-state index >= 15 is 0 Å². The molecule has 2 aliphatic rings. The number of carbonyl (C=O) groups excluding carboxylic acids is 1. The average molecular weight is 354 g/mol. The van der Waals surface area contributed by atoms with Gasteiger partial charge < -0.3 is 10.2 Å². The first-order valence-corrected chi connectivity index (χ1v) is 9.02. The minimum Gasteiger partial charge on any atom is -0.368 e. The van der Waals surface area contributed by atoms with Crippen LogP contribution >= 0.6 is 0 Å². The van der Waals surface area contributed by atoms with Gasteiger partial charge in [0.25, 0.3) is 0 Å². The Kier molecular flexibility index (Phi) is 4.98. The van der Waals surface area contributed by atoms with Crippen molar-refractivity contribution in [2.24, 2.45) is 11.8 Å². The molecular weight excluding hydrogens is 329 g/mol. The first-order chi connectivity index (χ1) is 11.8. The van der Waals surface area contributed by atoms with Crippen LogP contribution in [0, 0.1) is 11.8 Å². The normalized spacial score (nSPS) is 22.7. The fourth-order valence-corrected chi connectivity index (χ4v) is 3.97. The van der Waals surface area contributed by atoms with Gasteiger partial charge in [0.2, 0.25) is 5.91 Å². The van der Waals surface area contributed by atoms with Crippen molar-refractivity contribution in [3.05, 3.63) is 29.3 Å². The molecule has 3 rings (SSSR count). The zero-order valence-corrected chi connectivity index (χ0v) is 14.7. The molecule has 0 saturated carbocycles. The average Bonchev–Trinajstić information content (AvgIpc) is 3.01. The van der Waals surface area contributed by atoms with Gasteiger partial charge in [0, 0.05) is 24.8 Å². The van der Waals surface area contributed by atoms with Gasteiger partial charge >= 0.3 is 6.18 Å². The van der Waals surface area contributed by atoms with Gasteiger partial charge in [0.05, 0.1) is 11.5 Å². The van der Waals surface area contributed by atoms with Crippen molar-refractivity contribution in [2.75, 3.05) is 18.0 Å². The quantitative estimate of drug-likeness (QED) is 0.886. The molecule has 25 heavy (non-hydrogen) atoms. The highest BCUT2D eigenvalue weighted by Crippen LogP contribution is 2.41. The summed E-state index contributed by atoms with van der Waals surface area (Å²) in [6.07, 6.45) is -1.18. The molecule has 0 aromatic heterocycles. The van der Waals surface area contributed by atoms with Crippen molar-refractivity contribution in [3.63, 3.8) is 0 Å². The van der Waals surface area contributed by atoms with Crippen molar-refractivity contribution < 1.29 is 18.0 Å². The number of anilines is 1. The number of hydrogen-bond donors (Lipinski definition) is 1. The van der Waals surface area contributed by atoms with E-state index in [9.17, 15) is 18.0 Å². The Morgan fingerprint density at radius 1 is 1.36 bits per heavy atom. The molecule has 0 aliphatic carbocycles. The van der Waals surface area contributed by atoms with E-state index in [0.29, 0.717) is 24.4 Å². The second-order valence-electron chi connectivity index (χ2n) is 7.53. The summed E-state index contributed by atoms with van der Waals surface area (Å²) in [6.45, 7) is 5.62. The standard InChI is InChI=1S/C19H25F3N2O/c1-12(2)7-8-23-18(25)15-11-13-10-14(19(20,21)22)5-6-16(13)24-9-3-4-17(15)24/h5-6,10,12,15,17H,3-4,7-9,11H2,1-2H3,(H,23,25)/t15-,17-/m0/s1. The van der Waals surface area contributed by atoms with E-state index in [1.165, 1.54) is 6.07 Å². The minimum atomic E-state index is -4.36. The number of alkyl halides is 3. The number of fused-ring (bicyclic) bond motifs is 3. The maximum atomic E-state index is 13.0. The Morgan fingerprint density at radius 2 is 2.12 bits per heavy atom. The molecule has 2 heterocycles. The third-order valence-corrected chi connectivity index (χ3v) is 5.28. The van der Waals surface area contributed by atoms with Crippen molar-refractivity contribution in [3.8, 4) is 0 Å².